The fourth-order valence-electron chi connectivity index (χ4n) is 7.19. The van der Waals surface area contributed by atoms with Crippen LogP contribution in [0.5, 0.6) is 0 Å². The van der Waals surface area contributed by atoms with Crippen LogP contribution in [0.15, 0.2) is 24.3 Å². The Morgan fingerprint density at radius 3 is 2.57 bits per heavy atom. The predicted molar refractivity (Wildman–Crippen MR) is 85.7 cm³/mol. The lowest BCUT2D eigenvalue weighted by Crippen LogP contribution is -2.78. The zero-order chi connectivity index (χ0) is 16.0. The number of esters is 1. The Morgan fingerprint density at radius 1 is 1.17 bits per heavy atom. The average Bonchev–Trinajstić information content (AvgIpc) is 2.57. The van der Waals surface area contributed by atoms with Crippen molar-refractivity contribution >= 4 is 5.97 Å². The third-order valence-corrected chi connectivity index (χ3v) is 8.04. The minimum Gasteiger partial charge on any atom is -0.465 e. The molecule has 6 aliphatic carbocycles. The van der Waals surface area contributed by atoms with Crippen molar-refractivity contribution in [2.75, 3.05) is 7.11 Å². The van der Waals surface area contributed by atoms with Gasteiger partial charge in [-0.05, 0) is 73.0 Å². The van der Waals surface area contributed by atoms with Crippen molar-refractivity contribution < 1.29 is 14.6 Å². The number of rotatable bonds is 2. The maximum absolute atomic E-state index is 11.8. The van der Waals surface area contributed by atoms with Gasteiger partial charge in [-0.3, -0.25) is 0 Å². The molecule has 1 N–H and O–H groups in total. The summed E-state index contributed by atoms with van der Waals surface area (Å²) in [5.74, 6) is 3.08. The van der Waals surface area contributed by atoms with E-state index in [4.69, 9.17) is 4.74 Å². The molecule has 122 valence electrons. The topological polar surface area (TPSA) is 46.5 Å². The van der Waals surface area contributed by atoms with Crippen LogP contribution in [0.25, 0.3) is 0 Å². The Bertz CT molecular complexity index is 668. The average molecular weight is 312 g/mol. The second-order valence-corrected chi connectivity index (χ2v) is 8.52. The summed E-state index contributed by atoms with van der Waals surface area (Å²) in [6, 6.07) is 7.51. The Hall–Kier alpha value is -1.35. The first kappa shape index (κ1) is 14.0. The van der Waals surface area contributed by atoms with Crippen molar-refractivity contribution in [3.63, 3.8) is 0 Å². The highest BCUT2D eigenvalue weighted by atomic mass is 16.5. The fraction of sp³-hybridized carbons (Fsp3) is 0.650. The van der Waals surface area contributed by atoms with E-state index in [1.54, 1.807) is 12.1 Å². The van der Waals surface area contributed by atoms with E-state index >= 15 is 0 Å². The zero-order valence-corrected chi connectivity index (χ0v) is 13.8. The summed E-state index contributed by atoms with van der Waals surface area (Å²) < 4.78 is 4.78. The molecule has 0 radical (unpaired) electrons. The lowest BCUT2D eigenvalue weighted by molar-refractivity contribution is -0.372. The molecule has 0 amide bonds. The van der Waals surface area contributed by atoms with Crippen LogP contribution >= 0.6 is 0 Å². The summed E-state index contributed by atoms with van der Waals surface area (Å²) in [4.78, 5) is 11.7. The van der Waals surface area contributed by atoms with Gasteiger partial charge in [-0.15, -0.1) is 0 Å². The largest absolute Gasteiger partial charge is 0.465 e. The summed E-state index contributed by atoms with van der Waals surface area (Å²) in [5.41, 5.74) is 0.880. The number of ether oxygens (including phenoxy) is 1. The SMILES string of the molecule is COC(=O)c1ccc([C@@]2(O)C3[C@@H]4C[C@H]5C[C@@H](C4)C2(C)[C@@H]3C5)cc1. The second-order valence-electron chi connectivity index (χ2n) is 8.52. The molecule has 0 aliphatic heterocycles. The van der Waals surface area contributed by atoms with E-state index in [1.807, 2.05) is 12.1 Å². The summed E-state index contributed by atoms with van der Waals surface area (Å²) >= 11 is 0. The number of benzene rings is 1. The van der Waals surface area contributed by atoms with Crippen molar-refractivity contribution in [1.82, 2.24) is 0 Å². The molecule has 6 aliphatic rings. The highest BCUT2D eigenvalue weighted by molar-refractivity contribution is 5.89. The monoisotopic (exact) mass is 312 g/mol. The molecule has 2 unspecified atom stereocenters. The first-order chi connectivity index (χ1) is 11.0. The van der Waals surface area contributed by atoms with Crippen molar-refractivity contribution in [3.05, 3.63) is 35.4 Å². The van der Waals surface area contributed by atoms with Crippen LogP contribution in [-0.2, 0) is 10.3 Å². The van der Waals surface area contributed by atoms with Gasteiger partial charge in [0.15, 0.2) is 0 Å². The number of carbonyl (C=O) groups is 1. The summed E-state index contributed by atoms with van der Waals surface area (Å²) in [6.45, 7) is 2.32. The van der Waals surface area contributed by atoms with Gasteiger partial charge in [0.05, 0.1) is 18.3 Å². The highest BCUT2D eigenvalue weighted by Gasteiger charge is 2.79. The van der Waals surface area contributed by atoms with E-state index in [2.05, 4.69) is 6.92 Å². The van der Waals surface area contributed by atoms with Crippen molar-refractivity contribution in [2.24, 2.45) is 35.0 Å². The Balaban J connectivity index is 1.56. The van der Waals surface area contributed by atoms with Crippen LogP contribution in [-0.4, -0.2) is 18.2 Å². The summed E-state index contributed by atoms with van der Waals surface area (Å²) in [5, 5.41) is 11.8. The molecule has 0 heterocycles. The molecule has 6 saturated carbocycles. The van der Waals surface area contributed by atoms with Gasteiger partial charge in [0.2, 0.25) is 0 Å². The van der Waals surface area contributed by atoms with Crippen LogP contribution in [0.1, 0.15) is 48.5 Å². The first-order valence-corrected chi connectivity index (χ1v) is 8.91. The second kappa shape index (κ2) is 4.18. The molecule has 3 nitrogen and oxygen atoms in total. The molecule has 3 heteroatoms. The van der Waals surface area contributed by atoms with Crippen LogP contribution < -0.4 is 0 Å². The minimum absolute atomic E-state index is 0.0257. The van der Waals surface area contributed by atoms with E-state index in [9.17, 15) is 9.90 Å². The molecule has 1 aromatic carbocycles. The van der Waals surface area contributed by atoms with Gasteiger partial charge in [-0.25, -0.2) is 4.79 Å². The first-order valence-electron chi connectivity index (χ1n) is 8.91. The number of hydrogen-bond acceptors (Lipinski definition) is 3. The molecule has 0 aromatic heterocycles. The summed E-state index contributed by atoms with van der Waals surface area (Å²) in [6.07, 6.45) is 5.25. The molecule has 0 spiro atoms. The third-order valence-electron chi connectivity index (χ3n) is 8.04. The normalized spacial score (nSPS) is 48.9. The van der Waals surface area contributed by atoms with Crippen LogP contribution in [0.3, 0.4) is 0 Å². The van der Waals surface area contributed by atoms with E-state index in [0.717, 1.165) is 11.5 Å². The van der Waals surface area contributed by atoms with Crippen LogP contribution in [0.4, 0.5) is 0 Å². The van der Waals surface area contributed by atoms with Gasteiger partial charge in [-0.2, -0.15) is 0 Å². The predicted octanol–water partition coefficient (Wildman–Crippen LogP) is 3.36. The smallest absolute Gasteiger partial charge is 0.337 e. The van der Waals surface area contributed by atoms with Gasteiger partial charge >= 0.3 is 5.97 Å². The number of methoxy groups -OCH3 is 1. The number of aliphatic hydroxyl groups is 1. The lowest BCUT2D eigenvalue weighted by atomic mass is 9.26. The van der Waals surface area contributed by atoms with Gasteiger partial charge in [0.1, 0.15) is 0 Å². The minimum atomic E-state index is -0.703. The molecular formula is C20H24O3. The van der Waals surface area contributed by atoms with Gasteiger partial charge < -0.3 is 9.84 Å². The Kier molecular flexibility index (Phi) is 2.55. The lowest BCUT2D eigenvalue weighted by Gasteiger charge is -2.79. The van der Waals surface area contributed by atoms with Crippen LogP contribution in [0.2, 0.25) is 0 Å². The number of hydrogen-bond donors (Lipinski definition) is 1. The highest BCUT2D eigenvalue weighted by Crippen LogP contribution is 2.81. The number of carbonyl (C=O) groups excluding carboxylic acids is 1. The Labute approximate surface area is 137 Å². The van der Waals surface area contributed by atoms with Gasteiger partial charge in [0, 0.05) is 5.41 Å². The van der Waals surface area contributed by atoms with Crippen molar-refractivity contribution in [3.8, 4) is 0 Å². The van der Waals surface area contributed by atoms with Crippen LogP contribution in [0, 0.1) is 35.0 Å². The standard InChI is InChI=1S/C20H24O3/c1-19-15-8-11-7-13(10-15)17(16(19)9-11)20(19,22)14-5-3-12(4-6-14)18(21)23-2/h3-6,11,13,15-17,22H,7-10H2,1-2H3/t11-,13+,15-,16+,17?,19?,20+/m0/s1. The molecule has 6 bridgehead atoms. The maximum Gasteiger partial charge on any atom is 0.337 e. The van der Waals surface area contributed by atoms with Crippen molar-refractivity contribution in [2.45, 2.75) is 38.2 Å². The molecule has 7 atom stereocenters. The quantitative estimate of drug-likeness (QED) is 0.852. The Morgan fingerprint density at radius 2 is 1.91 bits per heavy atom. The van der Waals surface area contributed by atoms with Gasteiger partial charge in [0.25, 0.3) is 0 Å². The molecule has 6 fully saturated rings. The maximum atomic E-state index is 11.8. The molecule has 7 rings (SSSR count). The van der Waals surface area contributed by atoms with E-state index in [0.29, 0.717) is 29.2 Å². The van der Waals surface area contributed by atoms with Crippen molar-refractivity contribution in [1.29, 1.82) is 0 Å². The zero-order valence-electron chi connectivity index (χ0n) is 13.8. The van der Waals surface area contributed by atoms with E-state index < -0.39 is 5.60 Å². The molecule has 23 heavy (non-hydrogen) atoms. The fourth-order valence-corrected chi connectivity index (χ4v) is 7.19. The van der Waals surface area contributed by atoms with E-state index in [1.165, 1.54) is 32.8 Å². The third kappa shape index (κ3) is 1.40. The molecular weight excluding hydrogens is 288 g/mol. The van der Waals surface area contributed by atoms with E-state index in [-0.39, 0.29) is 11.4 Å². The molecule has 1 aromatic rings. The molecule has 0 saturated heterocycles. The van der Waals surface area contributed by atoms with Gasteiger partial charge in [-0.1, -0.05) is 19.1 Å². The summed E-state index contributed by atoms with van der Waals surface area (Å²) in [7, 11) is 1.40.